The number of morpholine rings is 1. The monoisotopic (exact) mass is 213 g/mol. The van der Waals surface area contributed by atoms with Gasteiger partial charge in [-0.15, -0.1) is 0 Å². The Balaban J connectivity index is 1.93. The first-order valence-corrected chi connectivity index (χ1v) is 5.57. The van der Waals surface area contributed by atoms with Gasteiger partial charge >= 0.3 is 0 Å². The Bertz CT molecular complexity index is 235. The van der Waals surface area contributed by atoms with Gasteiger partial charge in [0.05, 0.1) is 12.2 Å². The summed E-state index contributed by atoms with van der Waals surface area (Å²) in [7, 11) is 0. The lowest BCUT2D eigenvalue weighted by atomic mass is 10.1. The SMILES string of the molecule is NCC(CC(N)=O)N1CC2CCC(C1)O2. The summed E-state index contributed by atoms with van der Waals surface area (Å²) in [4.78, 5) is 13.2. The summed E-state index contributed by atoms with van der Waals surface area (Å²) in [6.07, 6.45) is 3.30. The molecular formula is C10H19N3O2. The Kier molecular flexibility index (Phi) is 3.23. The molecule has 2 heterocycles. The average molecular weight is 213 g/mol. The van der Waals surface area contributed by atoms with Crippen LogP contribution in [0.15, 0.2) is 0 Å². The highest BCUT2D eigenvalue weighted by atomic mass is 16.5. The van der Waals surface area contributed by atoms with Gasteiger partial charge in [-0.05, 0) is 12.8 Å². The maximum atomic E-state index is 10.9. The van der Waals surface area contributed by atoms with Crippen LogP contribution in [0, 0.1) is 0 Å². The third kappa shape index (κ3) is 2.48. The molecule has 0 radical (unpaired) electrons. The van der Waals surface area contributed by atoms with Crippen LogP contribution in [0.25, 0.3) is 0 Å². The summed E-state index contributed by atoms with van der Waals surface area (Å²) in [6, 6.07) is 0.0921. The van der Waals surface area contributed by atoms with Gasteiger partial charge in [-0.2, -0.15) is 0 Å². The summed E-state index contributed by atoms with van der Waals surface area (Å²) in [5.74, 6) is -0.274. The van der Waals surface area contributed by atoms with Crippen LogP contribution in [0.1, 0.15) is 19.3 Å². The number of carbonyl (C=O) groups is 1. The Hall–Kier alpha value is -0.650. The van der Waals surface area contributed by atoms with E-state index in [-0.39, 0.29) is 11.9 Å². The van der Waals surface area contributed by atoms with Crippen molar-refractivity contribution in [3.8, 4) is 0 Å². The topological polar surface area (TPSA) is 81.6 Å². The highest BCUT2D eigenvalue weighted by Crippen LogP contribution is 2.27. The summed E-state index contributed by atoms with van der Waals surface area (Å²) in [5.41, 5.74) is 10.9. The number of amides is 1. The number of fused-ring (bicyclic) bond motifs is 2. The fourth-order valence-corrected chi connectivity index (χ4v) is 2.54. The molecule has 4 N–H and O–H groups in total. The van der Waals surface area contributed by atoms with E-state index in [1.54, 1.807) is 0 Å². The number of nitrogens with zero attached hydrogens (tertiary/aromatic N) is 1. The Morgan fingerprint density at radius 3 is 2.47 bits per heavy atom. The fraction of sp³-hybridized carbons (Fsp3) is 0.900. The van der Waals surface area contributed by atoms with Crippen molar-refractivity contribution in [2.45, 2.75) is 37.5 Å². The van der Waals surface area contributed by atoms with Crippen LogP contribution < -0.4 is 11.5 Å². The second kappa shape index (κ2) is 4.47. The van der Waals surface area contributed by atoms with Crippen molar-refractivity contribution in [1.82, 2.24) is 4.90 Å². The van der Waals surface area contributed by atoms with E-state index in [4.69, 9.17) is 16.2 Å². The zero-order chi connectivity index (χ0) is 10.8. The van der Waals surface area contributed by atoms with Gasteiger partial charge in [0.2, 0.25) is 5.91 Å². The van der Waals surface area contributed by atoms with Gasteiger partial charge in [-0.1, -0.05) is 0 Å². The second-order valence-corrected chi connectivity index (χ2v) is 4.47. The zero-order valence-electron chi connectivity index (χ0n) is 8.89. The van der Waals surface area contributed by atoms with Crippen molar-refractivity contribution in [2.75, 3.05) is 19.6 Å². The fourth-order valence-electron chi connectivity index (χ4n) is 2.54. The highest BCUT2D eigenvalue weighted by molar-refractivity contribution is 5.74. The van der Waals surface area contributed by atoms with Crippen molar-refractivity contribution < 1.29 is 9.53 Å². The van der Waals surface area contributed by atoms with Crippen molar-refractivity contribution in [3.63, 3.8) is 0 Å². The van der Waals surface area contributed by atoms with Crippen LogP contribution in [0.2, 0.25) is 0 Å². The molecule has 86 valence electrons. The van der Waals surface area contributed by atoms with Gasteiger partial charge in [0.25, 0.3) is 0 Å². The largest absolute Gasteiger partial charge is 0.372 e. The summed E-state index contributed by atoms with van der Waals surface area (Å²) >= 11 is 0. The van der Waals surface area contributed by atoms with E-state index < -0.39 is 0 Å². The van der Waals surface area contributed by atoms with Crippen LogP contribution in [0.5, 0.6) is 0 Å². The number of hydrogen-bond acceptors (Lipinski definition) is 4. The molecule has 0 aromatic rings. The number of hydrogen-bond donors (Lipinski definition) is 2. The van der Waals surface area contributed by atoms with Crippen molar-refractivity contribution >= 4 is 5.91 Å². The Labute approximate surface area is 89.7 Å². The quantitative estimate of drug-likeness (QED) is 0.631. The highest BCUT2D eigenvalue weighted by Gasteiger charge is 2.36. The first kappa shape index (κ1) is 10.9. The van der Waals surface area contributed by atoms with E-state index in [9.17, 15) is 4.79 Å². The lowest BCUT2D eigenvalue weighted by molar-refractivity contribution is -0.120. The van der Waals surface area contributed by atoms with Gasteiger partial charge in [-0.25, -0.2) is 0 Å². The third-order valence-electron chi connectivity index (χ3n) is 3.30. The maximum Gasteiger partial charge on any atom is 0.219 e. The van der Waals surface area contributed by atoms with Crippen molar-refractivity contribution in [3.05, 3.63) is 0 Å². The van der Waals surface area contributed by atoms with Crippen LogP contribution in [-0.4, -0.2) is 48.7 Å². The van der Waals surface area contributed by atoms with Gasteiger partial charge in [0.15, 0.2) is 0 Å². The van der Waals surface area contributed by atoms with E-state index in [0.717, 1.165) is 25.9 Å². The summed E-state index contributed by atoms with van der Waals surface area (Å²) in [5, 5.41) is 0. The lowest BCUT2D eigenvalue weighted by Gasteiger charge is -2.37. The Morgan fingerprint density at radius 2 is 2.00 bits per heavy atom. The first-order chi connectivity index (χ1) is 7.19. The van der Waals surface area contributed by atoms with Crippen LogP contribution in [-0.2, 0) is 9.53 Å². The van der Waals surface area contributed by atoms with E-state index in [0.29, 0.717) is 25.2 Å². The molecule has 0 saturated carbocycles. The molecule has 2 rings (SSSR count). The standard InChI is InChI=1S/C10H19N3O2/c11-4-7(3-10(12)14)13-5-8-1-2-9(6-13)15-8/h7-9H,1-6,11H2,(H2,12,14). The molecule has 2 aliphatic rings. The Morgan fingerprint density at radius 1 is 1.40 bits per heavy atom. The van der Waals surface area contributed by atoms with E-state index in [2.05, 4.69) is 4.90 Å². The molecule has 0 spiro atoms. The van der Waals surface area contributed by atoms with Crippen molar-refractivity contribution in [1.29, 1.82) is 0 Å². The van der Waals surface area contributed by atoms with Gasteiger partial charge in [0, 0.05) is 32.1 Å². The van der Waals surface area contributed by atoms with Gasteiger partial charge < -0.3 is 16.2 Å². The summed E-state index contributed by atoms with van der Waals surface area (Å²) < 4.78 is 5.73. The molecule has 0 aliphatic carbocycles. The van der Waals surface area contributed by atoms with Crippen LogP contribution in [0.4, 0.5) is 0 Å². The van der Waals surface area contributed by atoms with Crippen molar-refractivity contribution in [2.24, 2.45) is 11.5 Å². The molecular weight excluding hydrogens is 194 g/mol. The van der Waals surface area contributed by atoms with Gasteiger partial charge in [-0.3, -0.25) is 9.69 Å². The number of likely N-dealkylation sites (tertiary alicyclic amines) is 1. The number of ether oxygens (including phenoxy) is 1. The smallest absolute Gasteiger partial charge is 0.219 e. The van der Waals surface area contributed by atoms with E-state index in [1.807, 2.05) is 0 Å². The van der Waals surface area contributed by atoms with Gasteiger partial charge in [0.1, 0.15) is 0 Å². The normalized spacial score (nSPS) is 32.9. The molecule has 0 aromatic carbocycles. The molecule has 0 aromatic heterocycles. The molecule has 15 heavy (non-hydrogen) atoms. The molecule has 3 unspecified atom stereocenters. The van der Waals surface area contributed by atoms with Crippen LogP contribution in [0.3, 0.4) is 0 Å². The average Bonchev–Trinajstić information content (AvgIpc) is 2.54. The minimum atomic E-state index is -0.274. The number of primary amides is 1. The first-order valence-electron chi connectivity index (χ1n) is 5.57. The minimum Gasteiger partial charge on any atom is -0.372 e. The number of carbonyl (C=O) groups excluding carboxylic acids is 1. The number of rotatable bonds is 4. The molecule has 1 amide bonds. The molecule has 5 nitrogen and oxygen atoms in total. The predicted octanol–water partition coefficient (Wildman–Crippen LogP) is -0.948. The molecule has 2 fully saturated rings. The van der Waals surface area contributed by atoms with Crippen LogP contribution >= 0.6 is 0 Å². The molecule has 5 heteroatoms. The predicted molar refractivity (Wildman–Crippen MR) is 56.1 cm³/mol. The maximum absolute atomic E-state index is 10.9. The molecule has 3 atom stereocenters. The number of nitrogens with two attached hydrogens (primary N) is 2. The third-order valence-corrected chi connectivity index (χ3v) is 3.30. The molecule has 2 bridgehead atoms. The summed E-state index contributed by atoms with van der Waals surface area (Å²) in [6.45, 7) is 2.28. The molecule has 2 saturated heterocycles. The zero-order valence-corrected chi connectivity index (χ0v) is 8.89. The lowest BCUT2D eigenvalue weighted by Crippen LogP contribution is -2.51. The van der Waals surface area contributed by atoms with E-state index in [1.165, 1.54) is 0 Å². The molecule has 2 aliphatic heterocycles. The van der Waals surface area contributed by atoms with E-state index >= 15 is 0 Å². The second-order valence-electron chi connectivity index (χ2n) is 4.47. The minimum absolute atomic E-state index is 0.0921.